The number of nitrogens with zero attached hydrogens (tertiary/aromatic N) is 1. The van der Waals surface area contributed by atoms with Gasteiger partial charge in [0.1, 0.15) is 0 Å². The van der Waals surface area contributed by atoms with Gasteiger partial charge in [0.05, 0.1) is 20.3 Å². The average Bonchev–Trinajstić information content (AvgIpc) is 2.82. The first-order valence-corrected chi connectivity index (χ1v) is 14.5. The van der Waals surface area contributed by atoms with Gasteiger partial charge in [-0.05, 0) is 52.9 Å². The highest BCUT2D eigenvalue weighted by molar-refractivity contribution is 7.81. The summed E-state index contributed by atoms with van der Waals surface area (Å²) in [5, 5.41) is 18.4. The molecule has 10 heteroatoms. The summed E-state index contributed by atoms with van der Waals surface area (Å²) in [4.78, 5) is 12.5. The van der Waals surface area contributed by atoms with Crippen LogP contribution in [0.4, 0.5) is 0 Å². The fourth-order valence-electron chi connectivity index (χ4n) is 3.14. The first-order chi connectivity index (χ1) is 16.6. The van der Waals surface area contributed by atoms with Crippen LogP contribution in [0.5, 0.6) is 0 Å². The zero-order valence-electron chi connectivity index (χ0n) is 23.2. The van der Waals surface area contributed by atoms with Crippen LogP contribution in [0.3, 0.4) is 0 Å². The number of rotatable bonds is 21. The number of aliphatic hydroxyl groups is 1. The third-order valence-corrected chi connectivity index (χ3v) is 6.10. The SMILES string of the molecule is CCCCCCC(O)CCCCCCCCCCC(=O)O.CN(C)CCCN.COS(=O)(=O)OC. The van der Waals surface area contributed by atoms with Crippen molar-refractivity contribution in [1.29, 1.82) is 0 Å². The van der Waals surface area contributed by atoms with Crippen molar-refractivity contribution in [2.75, 3.05) is 41.4 Å². The molecule has 0 amide bonds. The van der Waals surface area contributed by atoms with E-state index in [1.54, 1.807) is 0 Å². The Hall–Kier alpha value is -0.780. The molecule has 35 heavy (non-hydrogen) atoms. The van der Waals surface area contributed by atoms with Gasteiger partial charge in [-0.1, -0.05) is 77.6 Å². The van der Waals surface area contributed by atoms with Gasteiger partial charge < -0.3 is 20.8 Å². The summed E-state index contributed by atoms with van der Waals surface area (Å²) >= 11 is 0. The second kappa shape index (κ2) is 29.5. The smallest absolute Gasteiger partial charge is 0.399 e. The van der Waals surface area contributed by atoms with Crippen molar-refractivity contribution in [3.63, 3.8) is 0 Å². The van der Waals surface area contributed by atoms with E-state index >= 15 is 0 Å². The number of unbranched alkanes of at least 4 members (excludes halogenated alkanes) is 10. The van der Waals surface area contributed by atoms with E-state index in [-0.39, 0.29) is 6.10 Å². The molecule has 0 saturated carbocycles. The maximum atomic E-state index is 10.3. The number of carbonyl (C=O) groups is 1. The molecule has 0 aliphatic heterocycles. The summed E-state index contributed by atoms with van der Waals surface area (Å²) in [5.41, 5.74) is 5.25. The molecule has 0 bridgehead atoms. The number of carboxylic acid groups (broad SMARTS) is 1. The lowest BCUT2D eigenvalue weighted by molar-refractivity contribution is -0.137. The normalized spacial score (nSPS) is 11.9. The molecule has 0 spiro atoms. The molecule has 1 unspecified atom stereocenters. The zero-order valence-corrected chi connectivity index (χ0v) is 24.0. The zero-order chi connectivity index (χ0) is 27.4. The molecule has 0 rings (SSSR count). The van der Waals surface area contributed by atoms with E-state index < -0.39 is 16.4 Å². The Morgan fingerprint density at radius 1 is 0.829 bits per heavy atom. The molecule has 214 valence electrons. The summed E-state index contributed by atoms with van der Waals surface area (Å²) in [6, 6.07) is 0. The van der Waals surface area contributed by atoms with Crippen LogP contribution in [0.2, 0.25) is 0 Å². The Morgan fingerprint density at radius 2 is 1.26 bits per heavy atom. The lowest BCUT2D eigenvalue weighted by atomic mass is 10.0. The first-order valence-electron chi connectivity index (χ1n) is 13.2. The molecule has 0 heterocycles. The minimum Gasteiger partial charge on any atom is -0.481 e. The molecule has 0 aromatic rings. The molecule has 0 radical (unpaired) electrons. The molecule has 0 aromatic carbocycles. The second-order valence-electron chi connectivity index (χ2n) is 8.95. The number of hydrogen-bond acceptors (Lipinski definition) is 8. The van der Waals surface area contributed by atoms with Gasteiger partial charge in [0.15, 0.2) is 0 Å². The highest BCUT2D eigenvalue weighted by atomic mass is 32.3. The molecule has 0 aliphatic rings. The van der Waals surface area contributed by atoms with Crippen LogP contribution >= 0.6 is 0 Å². The van der Waals surface area contributed by atoms with Gasteiger partial charge in [0.25, 0.3) is 0 Å². The Balaban J connectivity index is -0.000000594. The number of hydrogen-bond donors (Lipinski definition) is 3. The summed E-state index contributed by atoms with van der Waals surface area (Å²) < 4.78 is 27.5. The van der Waals surface area contributed by atoms with Crippen molar-refractivity contribution < 1.29 is 31.8 Å². The van der Waals surface area contributed by atoms with Gasteiger partial charge in [0, 0.05) is 6.42 Å². The largest absolute Gasteiger partial charge is 0.481 e. The molecule has 0 saturated heterocycles. The van der Waals surface area contributed by atoms with Crippen molar-refractivity contribution >= 4 is 16.4 Å². The number of carboxylic acids is 1. The Labute approximate surface area is 216 Å². The van der Waals surface area contributed by atoms with Crippen molar-refractivity contribution in [1.82, 2.24) is 4.90 Å². The summed E-state index contributed by atoms with van der Waals surface area (Å²) in [6.07, 6.45) is 17.4. The molecule has 0 aromatic heterocycles. The number of nitrogens with two attached hydrogens (primary N) is 1. The number of aliphatic hydroxyl groups excluding tert-OH is 1. The molecule has 0 aliphatic carbocycles. The highest BCUT2D eigenvalue weighted by Crippen LogP contribution is 2.14. The topological polar surface area (TPSA) is 139 Å². The van der Waals surface area contributed by atoms with Crippen LogP contribution in [-0.4, -0.2) is 77.0 Å². The first kappa shape index (κ1) is 38.7. The Bertz CT molecular complexity index is 522. The fourth-order valence-corrected chi connectivity index (χ4v) is 3.28. The van der Waals surface area contributed by atoms with E-state index in [9.17, 15) is 18.3 Å². The van der Waals surface area contributed by atoms with E-state index in [2.05, 4.69) is 34.3 Å². The van der Waals surface area contributed by atoms with Crippen LogP contribution < -0.4 is 5.73 Å². The summed E-state index contributed by atoms with van der Waals surface area (Å²) in [5.74, 6) is -0.678. The van der Waals surface area contributed by atoms with E-state index in [0.29, 0.717) is 6.42 Å². The Morgan fingerprint density at radius 3 is 1.57 bits per heavy atom. The third kappa shape index (κ3) is 40.7. The minimum absolute atomic E-state index is 0.0853. The lowest BCUT2D eigenvalue weighted by Crippen LogP contribution is -2.16. The van der Waals surface area contributed by atoms with Gasteiger partial charge in [-0.15, -0.1) is 0 Å². The third-order valence-electron chi connectivity index (χ3n) is 5.29. The van der Waals surface area contributed by atoms with Crippen molar-refractivity contribution in [3.05, 3.63) is 0 Å². The molecule has 0 fully saturated rings. The monoisotopic (exact) mass is 528 g/mol. The molecule has 1 atom stereocenters. The van der Waals surface area contributed by atoms with E-state index in [4.69, 9.17) is 10.8 Å². The average molecular weight is 529 g/mol. The highest BCUT2D eigenvalue weighted by Gasteiger charge is 2.03. The van der Waals surface area contributed by atoms with Crippen LogP contribution in [0, 0.1) is 0 Å². The van der Waals surface area contributed by atoms with Crippen molar-refractivity contribution in [3.8, 4) is 0 Å². The summed E-state index contributed by atoms with van der Waals surface area (Å²) in [7, 11) is 2.50. The molecule has 9 nitrogen and oxygen atoms in total. The van der Waals surface area contributed by atoms with E-state index in [1.807, 2.05) is 0 Å². The number of aliphatic carboxylic acids is 1. The van der Waals surface area contributed by atoms with Crippen molar-refractivity contribution in [2.24, 2.45) is 5.73 Å². The quantitative estimate of drug-likeness (QED) is 0.180. The molecular weight excluding hydrogens is 472 g/mol. The molecule has 4 N–H and O–H groups in total. The molecular formula is C25H56N2O7S. The van der Waals surface area contributed by atoms with E-state index in [0.717, 1.165) is 72.3 Å². The Kier molecular flexibility index (Phi) is 32.6. The summed E-state index contributed by atoms with van der Waals surface area (Å²) in [6.45, 7) is 4.12. The van der Waals surface area contributed by atoms with Crippen LogP contribution in [0.15, 0.2) is 0 Å². The maximum absolute atomic E-state index is 10.3. The fraction of sp³-hybridized carbons (Fsp3) is 0.960. The van der Waals surface area contributed by atoms with Crippen LogP contribution in [0.1, 0.15) is 110 Å². The van der Waals surface area contributed by atoms with E-state index in [1.165, 1.54) is 51.4 Å². The minimum atomic E-state index is -3.66. The van der Waals surface area contributed by atoms with Gasteiger partial charge in [-0.2, -0.15) is 8.42 Å². The maximum Gasteiger partial charge on any atom is 0.399 e. The van der Waals surface area contributed by atoms with Gasteiger partial charge in [-0.25, -0.2) is 0 Å². The van der Waals surface area contributed by atoms with Crippen LogP contribution in [0.25, 0.3) is 0 Å². The lowest BCUT2D eigenvalue weighted by Gasteiger charge is -2.10. The van der Waals surface area contributed by atoms with Crippen LogP contribution in [-0.2, 0) is 23.6 Å². The standard InChI is InChI=1S/C18H36O3.C5H14N2.C2H6O4S/c1-2-3-4-11-14-17(19)15-12-9-7-5-6-8-10-13-16-18(20)21;1-7(2)5-3-4-6;1-5-7(3,4)6-2/h17,19H,2-16H2,1H3,(H,20,21);3-6H2,1-2H3;1-2H3. The predicted molar refractivity (Wildman–Crippen MR) is 144 cm³/mol. The van der Waals surface area contributed by atoms with Gasteiger partial charge in [0.2, 0.25) is 0 Å². The second-order valence-corrected chi connectivity index (χ2v) is 10.4. The van der Waals surface area contributed by atoms with Gasteiger partial charge >= 0.3 is 16.4 Å². The van der Waals surface area contributed by atoms with Crippen molar-refractivity contribution in [2.45, 2.75) is 116 Å². The van der Waals surface area contributed by atoms with Gasteiger partial charge in [-0.3, -0.25) is 13.2 Å². The predicted octanol–water partition coefficient (Wildman–Crippen LogP) is 4.72.